The number of nitrogens with zero attached hydrogens (tertiary/aromatic N) is 2. The summed E-state index contributed by atoms with van der Waals surface area (Å²) in [6.07, 6.45) is 0. The normalized spacial score (nSPS) is 11.8. The lowest BCUT2D eigenvalue weighted by molar-refractivity contribution is -0.139. The summed E-state index contributed by atoms with van der Waals surface area (Å²) in [4.78, 5) is 27.8. The van der Waals surface area contributed by atoms with Crippen LogP contribution in [0.5, 0.6) is 11.5 Å². The molecular weight excluding hydrogens is 518 g/mol. The SMILES string of the molecule is CNC(=O)C(C)N(Cc1ccccc1)C(=O)CN(c1cc(C)cc(C)c1)S(=O)(=O)c1ccc(OC)c(OC)c1. The molecule has 2 amide bonds. The minimum Gasteiger partial charge on any atom is -0.493 e. The number of likely N-dealkylation sites (N-methyl/N-ethyl adjacent to an activating group) is 1. The second-order valence-electron chi connectivity index (χ2n) is 9.17. The summed E-state index contributed by atoms with van der Waals surface area (Å²) in [5.74, 6) is -0.277. The van der Waals surface area contributed by atoms with E-state index in [0.29, 0.717) is 11.4 Å². The highest BCUT2D eigenvalue weighted by Crippen LogP contribution is 2.33. The summed E-state index contributed by atoms with van der Waals surface area (Å²) < 4.78 is 39.8. The number of carbonyl (C=O) groups excluding carboxylic acids is 2. The van der Waals surface area contributed by atoms with Crippen molar-refractivity contribution < 1.29 is 27.5 Å². The summed E-state index contributed by atoms with van der Waals surface area (Å²) in [6, 6.07) is 18.0. The summed E-state index contributed by atoms with van der Waals surface area (Å²) in [5, 5.41) is 2.57. The van der Waals surface area contributed by atoms with Gasteiger partial charge in [0, 0.05) is 19.7 Å². The number of ether oxygens (including phenoxy) is 2. The molecule has 0 radical (unpaired) electrons. The zero-order chi connectivity index (χ0) is 28.7. The molecule has 0 bridgehead atoms. The Morgan fingerprint density at radius 2 is 1.51 bits per heavy atom. The molecule has 10 heteroatoms. The number of methoxy groups -OCH3 is 2. The van der Waals surface area contributed by atoms with Crippen molar-refractivity contribution >= 4 is 27.5 Å². The van der Waals surface area contributed by atoms with Crippen LogP contribution in [0.25, 0.3) is 0 Å². The van der Waals surface area contributed by atoms with E-state index < -0.39 is 28.5 Å². The van der Waals surface area contributed by atoms with Crippen molar-refractivity contribution in [3.8, 4) is 11.5 Å². The summed E-state index contributed by atoms with van der Waals surface area (Å²) in [6.45, 7) is 4.94. The minimum atomic E-state index is -4.25. The first kappa shape index (κ1) is 29.5. The molecule has 1 atom stereocenters. The number of carbonyl (C=O) groups is 2. The summed E-state index contributed by atoms with van der Waals surface area (Å²) in [7, 11) is 0.122. The van der Waals surface area contributed by atoms with Crippen LogP contribution >= 0.6 is 0 Å². The quantitative estimate of drug-likeness (QED) is 0.389. The van der Waals surface area contributed by atoms with Crippen LogP contribution in [0.2, 0.25) is 0 Å². The number of anilines is 1. The molecule has 3 rings (SSSR count). The number of sulfonamides is 1. The van der Waals surface area contributed by atoms with Crippen LogP contribution < -0.4 is 19.1 Å². The lowest BCUT2D eigenvalue weighted by Gasteiger charge is -2.32. The first-order chi connectivity index (χ1) is 18.5. The topological polar surface area (TPSA) is 105 Å². The molecule has 1 unspecified atom stereocenters. The van der Waals surface area contributed by atoms with Crippen LogP contribution in [0.1, 0.15) is 23.6 Å². The third-order valence-electron chi connectivity index (χ3n) is 6.33. The van der Waals surface area contributed by atoms with E-state index in [2.05, 4.69) is 5.32 Å². The predicted octanol–water partition coefficient (Wildman–Crippen LogP) is 3.68. The van der Waals surface area contributed by atoms with Gasteiger partial charge in [-0.2, -0.15) is 0 Å². The molecule has 208 valence electrons. The van der Waals surface area contributed by atoms with Gasteiger partial charge in [-0.05, 0) is 61.7 Å². The highest BCUT2D eigenvalue weighted by Gasteiger charge is 2.33. The molecule has 0 spiro atoms. The molecule has 0 heterocycles. The molecule has 3 aromatic carbocycles. The van der Waals surface area contributed by atoms with Gasteiger partial charge in [-0.1, -0.05) is 36.4 Å². The average molecular weight is 554 g/mol. The molecule has 1 N–H and O–H groups in total. The second-order valence-corrected chi connectivity index (χ2v) is 11.0. The van der Waals surface area contributed by atoms with E-state index >= 15 is 0 Å². The first-order valence-electron chi connectivity index (χ1n) is 12.4. The Bertz CT molecular complexity index is 1410. The minimum absolute atomic E-state index is 0.0685. The smallest absolute Gasteiger partial charge is 0.264 e. The van der Waals surface area contributed by atoms with E-state index in [1.54, 1.807) is 19.1 Å². The van der Waals surface area contributed by atoms with Crippen LogP contribution in [-0.2, 0) is 26.2 Å². The van der Waals surface area contributed by atoms with Gasteiger partial charge in [-0.25, -0.2) is 8.42 Å². The van der Waals surface area contributed by atoms with E-state index in [4.69, 9.17) is 9.47 Å². The van der Waals surface area contributed by atoms with Gasteiger partial charge in [-0.3, -0.25) is 13.9 Å². The number of hydrogen-bond donors (Lipinski definition) is 1. The molecule has 0 saturated heterocycles. The molecule has 39 heavy (non-hydrogen) atoms. The average Bonchev–Trinajstić information content (AvgIpc) is 2.93. The maximum absolute atomic E-state index is 14.1. The van der Waals surface area contributed by atoms with E-state index in [1.165, 1.54) is 44.4 Å². The van der Waals surface area contributed by atoms with Gasteiger partial charge in [0.15, 0.2) is 11.5 Å². The third kappa shape index (κ3) is 6.88. The number of hydrogen-bond acceptors (Lipinski definition) is 6. The van der Waals surface area contributed by atoms with Crippen LogP contribution in [0, 0.1) is 13.8 Å². The van der Waals surface area contributed by atoms with Crippen molar-refractivity contribution in [1.82, 2.24) is 10.2 Å². The van der Waals surface area contributed by atoms with Crippen molar-refractivity contribution in [3.05, 3.63) is 83.4 Å². The van der Waals surface area contributed by atoms with Gasteiger partial charge in [0.25, 0.3) is 10.0 Å². The zero-order valence-electron chi connectivity index (χ0n) is 23.1. The van der Waals surface area contributed by atoms with Crippen molar-refractivity contribution in [2.24, 2.45) is 0 Å². The van der Waals surface area contributed by atoms with Crippen molar-refractivity contribution in [2.75, 3.05) is 32.1 Å². The summed E-state index contributed by atoms with van der Waals surface area (Å²) in [5.41, 5.74) is 2.82. The highest BCUT2D eigenvalue weighted by molar-refractivity contribution is 7.92. The monoisotopic (exact) mass is 553 g/mol. The van der Waals surface area contributed by atoms with Gasteiger partial charge in [0.1, 0.15) is 12.6 Å². The van der Waals surface area contributed by atoms with Gasteiger partial charge in [0.05, 0.1) is 24.8 Å². The summed E-state index contributed by atoms with van der Waals surface area (Å²) >= 11 is 0. The Morgan fingerprint density at radius 3 is 2.08 bits per heavy atom. The fourth-order valence-electron chi connectivity index (χ4n) is 4.30. The van der Waals surface area contributed by atoms with Crippen molar-refractivity contribution in [2.45, 2.75) is 38.3 Å². The van der Waals surface area contributed by atoms with E-state index in [1.807, 2.05) is 50.2 Å². The molecule has 0 aliphatic rings. The van der Waals surface area contributed by atoms with Gasteiger partial charge >= 0.3 is 0 Å². The fourth-order valence-corrected chi connectivity index (χ4v) is 5.71. The van der Waals surface area contributed by atoms with Crippen molar-refractivity contribution in [1.29, 1.82) is 0 Å². The Hall–Kier alpha value is -4.05. The van der Waals surface area contributed by atoms with E-state index in [9.17, 15) is 18.0 Å². The van der Waals surface area contributed by atoms with Gasteiger partial charge in [-0.15, -0.1) is 0 Å². The molecule has 9 nitrogen and oxygen atoms in total. The van der Waals surface area contributed by atoms with Crippen LogP contribution in [0.4, 0.5) is 5.69 Å². The number of nitrogens with one attached hydrogen (secondary N) is 1. The molecule has 0 aliphatic carbocycles. The predicted molar refractivity (Wildman–Crippen MR) is 151 cm³/mol. The molecule has 3 aromatic rings. The lowest BCUT2D eigenvalue weighted by atomic mass is 10.1. The van der Waals surface area contributed by atoms with E-state index in [-0.39, 0.29) is 23.1 Å². The largest absolute Gasteiger partial charge is 0.493 e. The van der Waals surface area contributed by atoms with E-state index in [0.717, 1.165) is 21.0 Å². The van der Waals surface area contributed by atoms with Gasteiger partial charge < -0.3 is 19.7 Å². The number of benzene rings is 3. The Balaban J connectivity index is 2.10. The number of rotatable bonds is 11. The standard InChI is InChI=1S/C29H35N3O6S/c1-20-14-21(2)16-24(15-20)32(39(35,36)25-12-13-26(37-5)27(17-25)38-6)19-28(33)31(22(3)29(34)30-4)18-23-10-8-7-9-11-23/h7-17,22H,18-19H2,1-6H3,(H,30,34). The maximum Gasteiger partial charge on any atom is 0.264 e. The second kappa shape index (κ2) is 12.7. The fraction of sp³-hybridized carbons (Fsp3) is 0.310. The Morgan fingerprint density at radius 1 is 0.897 bits per heavy atom. The number of amides is 2. The Kier molecular flexibility index (Phi) is 9.58. The first-order valence-corrected chi connectivity index (χ1v) is 13.8. The molecular formula is C29H35N3O6S. The third-order valence-corrected chi connectivity index (χ3v) is 8.10. The Labute approximate surface area is 230 Å². The zero-order valence-corrected chi connectivity index (χ0v) is 23.9. The lowest BCUT2D eigenvalue weighted by Crippen LogP contribution is -2.50. The molecule has 0 aromatic heterocycles. The maximum atomic E-state index is 14.1. The molecule has 0 fully saturated rings. The van der Waals surface area contributed by atoms with Crippen LogP contribution in [0.3, 0.4) is 0 Å². The van der Waals surface area contributed by atoms with Crippen molar-refractivity contribution in [3.63, 3.8) is 0 Å². The van der Waals surface area contributed by atoms with Gasteiger partial charge in [0.2, 0.25) is 11.8 Å². The number of aryl methyl sites for hydroxylation is 2. The van der Waals surface area contributed by atoms with Crippen LogP contribution in [0.15, 0.2) is 71.6 Å². The van der Waals surface area contributed by atoms with Crippen LogP contribution in [-0.4, -0.2) is 59.0 Å². The highest BCUT2D eigenvalue weighted by atomic mass is 32.2. The molecule has 0 saturated carbocycles. The molecule has 0 aliphatic heterocycles.